The van der Waals surface area contributed by atoms with Crippen molar-refractivity contribution in [1.82, 2.24) is 0 Å². The SMILES string of the molecule is CCN(c1cccc(Br)c1C(F)(F)F)c1c([N+](=O)[O-])cc([N+](=O)[O-])cc1C(F)(F)F. The van der Waals surface area contributed by atoms with Gasteiger partial charge in [-0.25, -0.2) is 0 Å². The molecule has 162 valence electrons. The van der Waals surface area contributed by atoms with Crippen molar-refractivity contribution >= 4 is 38.7 Å². The number of halogens is 7. The Balaban J connectivity index is 3.00. The predicted molar refractivity (Wildman–Crippen MR) is 96.6 cm³/mol. The Labute approximate surface area is 172 Å². The van der Waals surface area contributed by atoms with Gasteiger partial charge in [-0.15, -0.1) is 0 Å². The average molecular weight is 502 g/mol. The maximum absolute atomic E-state index is 13.7. The first kappa shape index (κ1) is 23.4. The molecule has 2 aromatic carbocycles. The lowest BCUT2D eigenvalue weighted by Crippen LogP contribution is -2.25. The van der Waals surface area contributed by atoms with Crippen molar-refractivity contribution in [3.8, 4) is 0 Å². The minimum atomic E-state index is -5.33. The molecule has 0 saturated heterocycles. The molecule has 0 heterocycles. The lowest BCUT2D eigenvalue weighted by atomic mass is 10.0. The molecule has 7 nitrogen and oxygen atoms in total. The number of hydrogen-bond donors (Lipinski definition) is 0. The predicted octanol–water partition coefficient (Wildman–Crippen LogP) is 6.46. The molecule has 0 N–H and O–H groups in total. The van der Waals surface area contributed by atoms with Crippen LogP contribution in [0.25, 0.3) is 0 Å². The van der Waals surface area contributed by atoms with Gasteiger partial charge in [0.15, 0.2) is 0 Å². The van der Waals surface area contributed by atoms with E-state index >= 15 is 0 Å². The van der Waals surface area contributed by atoms with Gasteiger partial charge in [-0.05, 0) is 19.1 Å². The van der Waals surface area contributed by atoms with Crippen LogP contribution in [0.3, 0.4) is 0 Å². The highest BCUT2D eigenvalue weighted by atomic mass is 79.9. The van der Waals surface area contributed by atoms with E-state index in [2.05, 4.69) is 15.9 Å². The summed E-state index contributed by atoms with van der Waals surface area (Å²) in [7, 11) is 0. The fourth-order valence-corrected chi connectivity index (χ4v) is 3.40. The van der Waals surface area contributed by atoms with Crippen LogP contribution in [-0.2, 0) is 12.4 Å². The zero-order valence-electron chi connectivity index (χ0n) is 14.7. The standard InChI is InChI=1S/C16H10BrF6N3O4/c1-2-24(11-5-3-4-10(17)13(11)16(21,22)23)14-9(15(18,19)20)6-8(25(27)28)7-12(14)26(29)30/h3-7H,2H2,1H3. The number of anilines is 2. The van der Waals surface area contributed by atoms with E-state index in [4.69, 9.17) is 0 Å². The Morgan fingerprint density at radius 1 is 1.00 bits per heavy atom. The molecule has 0 amide bonds. The number of nitro groups is 2. The minimum absolute atomic E-state index is 0.0518. The van der Waals surface area contributed by atoms with Crippen LogP contribution >= 0.6 is 15.9 Å². The van der Waals surface area contributed by atoms with Crippen LogP contribution in [0.1, 0.15) is 18.1 Å². The highest BCUT2D eigenvalue weighted by Crippen LogP contribution is 2.49. The fourth-order valence-electron chi connectivity index (χ4n) is 2.82. The Kier molecular flexibility index (Phi) is 6.30. The van der Waals surface area contributed by atoms with E-state index in [0.29, 0.717) is 4.90 Å². The first-order valence-electron chi connectivity index (χ1n) is 7.87. The van der Waals surface area contributed by atoms with E-state index in [1.807, 2.05) is 0 Å². The van der Waals surface area contributed by atoms with Crippen molar-refractivity contribution in [2.45, 2.75) is 19.3 Å². The van der Waals surface area contributed by atoms with Crippen molar-refractivity contribution in [2.24, 2.45) is 0 Å². The molecule has 2 rings (SSSR count). The molecule has 0 aliphatic rings. The summed E-state index contributed by atoms with van der Waals surface area (Å²) in [4.78, 5) is 20.3. The smallest absolute Gasteiger partial charge is 0.335 e. The van der Waals surface area contributed by atoms with E-state index in [1.165, 1.54) is 6.92 Å². The van der Waals surface area contributed by atoms with Crippen LogP contribution in [-0.4, -0.2) is 16.4 Å². The highest BCUT2D eigenvalue weighted by Gasteiger charge is 2.44. The molecule has 30 heavy (non-hydrogen) atoms. The van der Waals surface area contributed by atoms with Crippen molar-refractivity contribution < 1.29 is 36.2 Å². The molecule has 0 aliphatic carbocycles. The Hall–Kier alpha value is -2.90. The molecule has 0 aliphatic heterocycles. The maximum Gasteiger partial charge on any atom is 0.419 e. The van der Waals surface area contributed by atoms with Gasteiger partial charge in [0.25, 0.3) is 11.4 Å². The summed E-state index contributed by atoms with van der Waals surface area (Å²) in [5.74, 6) is 0. The number of hydrogen-bond acceptors (Lipinski definition) is 5. The maximum atomic E-state index is 13.7. The zero-order valence-corrected chi connectivity index (χ0v) is 16.3. The Bertz CT molecular complexity index is 1010. The third-order valence-electron chi connectivity index (χ3n) is 3.94. The van der Waals surface area contributed by atoms with Gasteiger partial charge >= 0.3 is 12.4 Å². The molecule has 0 unspecified atom stereocenters. The third kappa shape index (κ3) is 4.47. The van der Waals surface area contributed by atoms with Crippen molar-refractivity contribution in [2.75, 3.05) is 11.4 Å². The molecule has 0 atom stereocenters. The van der Waals surface area contributed by atoms with E-state index in [9.17, 15) is 46.6 Å². The third-order valence-corrected chi connectivity index (χ3v) is 4.60. The molecular weight excluding hydrogens is 492 g/mol. The second-order valence-corrected chi connectivity index (χ2v) is 6.60. The topological polar surface area (TPSA) is 89.5 Å². The van der Waals surface area contributed by atoms with Crippen LogP contribution in [0.4, 0.5) is 49.1 Å². The van der Waals surface area contributed by atoms with Crippen LogP contribution < -0.4 is 4.90 Å². The monoisotopic (exact) mass is 501 g/mol. The van der Waals surface area contributed by atoms with Gasteiger partial charge in [0.2, 0.25) is 0 Å². The summed E-state index contributed by atoms with van der Waals surface area (Å²) < 4.78 is 81.2. The summed E-state index contributed by atoms with van der Waals surface area (Å²) in [5.41, 5.74) is -7.76. The van der Waals surface area contributed by atoms with E-state index in [1.54, 1.807) is 0 Å². The van der Waals surface area contributed by atoms with Crippen LogP contribution in [0.2, 0.25) is 0 Å². The summed E-state index contributed by atoms with van der Waals surface area (Å²) in [6.45, 7) is 0.646. The summed E-state index contributed by atoms with van der Waals surface area (Å²) in [6.07, 6.45) is -10.3. The van der Waals surface area contributed by atoms with Gasteiger partial charge in [-0.3, -0.25) is 20.2 Å². The summed E-state index contributed by atoms with van der Waals surface area (Å²) >= 11 is 2.70. The number of benzene rings is 2. The molecule has 0 saturated carbocycles. The first-order chi connectivity index (χ1) is 13.7. The second-order valence-electron chi connectivity index (χ2n) is 5.75. The Morgan fingerprint density at radius 2 is 1.60 bits per heavy atom. The largest absolute Gasteiger partial charge is 0.419 e. The second kappa shape index (κ2) is 8.08. The van der Waals surface area contributed by atoms with Gasteiger partial charge in [0, 0.05) is 17.1 Å². The normalized spacial score (nSPS) is 12.0. The molecule has 0 radical (unpaired) electrons. The Morgan fingerprint density at radius 3 is 2.03 bits per heavy atom. The van der Waals surface area contributed by atoms with Gasteiger partial charge in [0.1, 0.15) is 5.69 Å². The number of nitro benzene ring substituents is 2. The van der Waals surface area contributed by atoms with E-state index in [-0.39, 0.29) is 12.1 Å². The van der Waals surface area contributed by atoms with Crippen molar-refractivity contribution in [1.29, 1.82) is 0 Å². The van der Waals surface area contributed by atoms with E-state index in [0.717, 1.165) is 18.2 Å². The molecule has 2 aromatic rings. The zero-order chi connectivity index (χ0) is 23.0. The lowest BCUT2D eigenvalue weighted by molar-refractivity contribution is -0.394. The van der Waals surface area contributed by atoms with Crippen molar-refractivity contribution in [3.05, 3.63) is 66.2 Å². The summed E-state index contributed by atoms with van der Waals surface area (Å²) in [5, 5.41) is 22.4. The van der Waals surface area contributed by atoms with Crippen LogP contribution in [0.5, 0.6) is 0 Å². The number of rotatable bonds is 5. The molecule has 0 bridgehead atoms. The molecule has 14 heteroatoms. The highest BCUT2D eigenvalue weighted by molar-refractivity contribution is 9.10. The average Bonchev–Trinajstić information content (AvgIpc) is 2.59. The molecular formula is C16H10BrF6N3O4. The number of nitrogens with zero attached hydrogens (tertiary/aromatic N) is 3. The van der Waals surface area contributed by atoms with E-state index < -0.39 is 67.1 Å². The molecule has 0 aromatic heterocycles. The van der Waals surface area contributed by atoms with Gasteiger partial charge < -0.3 is 4.90 Å². The van der Waals surface area contributed by atoms with Gasteiger partial charge in [0.05, 0.1) is 32.7 Å². The van der Waals surface area contributed by atoms with Crippen molar-refractivity contribution in [3.63, 3.8) is 0 Å². The summed E-state index contributed by atoms with van der Waals surface area (Å²) in [6, 6.07) is 3.30. The van der Waals surface area contributed by atoms with Gasteiger partial charge in [-0.2, -0.15) is 26.3 Å². The molecule has 0 spiro atoms. The molecule has 0 fully saturated rings. The van der Waals surface area contributed by atoms with Crippen LogP contribution in [0, 0.1) is 20.2 Å². The number of alkyl halides is 6. The van der Waals surface area contributed by atoms with Gasteiger partial charge in [-0.1, -0.05) is 22.0 Å². The fraction of sp³-hybridized carbons (Fsp3) is 0.250. The quantitative estimate of drug-likeness (QED) is 0.266. The minimum Gasteiger partial charge on any atom is -0.335 e. The van der Waals surface area contributed by atoms with Crippen LogP contribution in [0.15, 0.2) is 34.8 Å². The first-order valence-corrected chi connectivity index (χ1v) is 8.66. The number of non-ortho nitro benzene ring substituents is 1. The lowest BCUT2D eigenvalue weighted by Gasteiger charge is -2.29.